The number of carbonyl (C=O) groups excluding carboxylic acids is 1. The molecule has 1 saturated heterocycles. The van der Waals surface area contributed by atoms with Crippen LogP contribution >= 0.6 is 0 Å². The summed E-state index contributed by atoms with van der Waals surface area (Å²) in [5.74, 6) is 0.523. The van der Waals surface area contributed by atoms with E-state index in [-0.39, 0.29) is 18.6 Å². The Morgan fingerprint density at radius 3 is 2.69 bits per heavy atom. The Balaban J connectivity index is 1.43. The van der Waals surface area contributed by atoms with Crippen LogP contribution in [0.5, 0.6) is 5.75 Å². The highest BCUT2D eigenvalue weighted by molar-refractivity contribution is 5.82. The van der Waals surface area contributed by atoms with Crippen LogP contribution in [-0.4, -0.2) is 38.0 Å². The summed E-state index contributed by atoms with van der Waals surface area (Å²) in [5.41, 5.74) is 3.10. The Kier molecular flexibility index (Phi) is 6.39. The molecule has 2 aromatic carbocycles. The molecule has 0 spiro atoms. The van der Waals surface area contributed by atoms with Crippen LogP contribution in [0.3, 0.4) is 0 Å². The molecule has 0 saturated carbocycles. The lowest BCUT2D eigenvalue weighted by Crippen LogP contribution is -2.35. The third-order valence-corrected chi connectivity index (χ3v) is 4.20. The number of ether oxygens (including phenoxy) is 2. The number of carbonyl (C=O) groups is 1. The Labute approximate surface area is 154 Å². The summed E-state index contributed by atoms with van der Waals surface area (Å²) in [7, 11) is 0. The van der Waals surface area contributed by atoms with Gasteiger partial charge in [-0.3, -0.25) is 9.79 Å². The molecule has 1 atom stereocenters. The zero-order valence-corrected chi connectivity index (χ0v) is 15.0. The molecule has 0 unspecified atom stereocenters. The van der Waals surface area contributed by atoms with Crippen LogP contribution in [0.25, 0.3) is 0 Å². The zero-order valence-electron chi connectivity index (χ0n) is 15.0. The van der Waals surface area contributed by atoms with Crippen molar-refractivity contribution in [1.82, 2.24) is 5.32 Å². The summed E-state index contributed by atoms with van der Waals surface area (Å²) in [6.07, 6.45) is 4.03. The van der Waals surface area contributed by atoms with Gasteiger partial charge in [-0.15, -0.1) is 0 Å². The van der Waals surface area contributed by atoms with Crippen molar-refractivity contribution in [2.24, 2.45) is 4.99 Å². The van der Waals surface area contributed by atoms with E-state index >= 15 is 0 Å². The maximum absolute atomic E-state index is 11.8. The highest BCUT2D eigenvalue weighted by Crippen LogP contribution is 2.15. The number of rotatable bonds is 7. The van der Waals surface area contributed by atoms with Crippen molar-refractivity contribution in [3.63, 3.8) is 0 Å². The molecule has 2 aromatic rings. The second-order valence-electron chi connectivity index (χ2n) is 6.39. The van der Waals surface area contributed by atoms with Gasteiger partial charge in [-0.05, 0) is 61.7 Å². The monoisotopic (exact) mass is 352 g/mol. The topological polar surface area (TPSA) is 59.9 Å². The van der Waals surface area contributed by atoms with Gasteiger partial charge >= 0.3 is 0 Å². The Bertz CT molecular complexity index is 733. The fraction of sp³-hybridized carbons (Fsp3) is 0.333. The average molecular weight is 352 g/mol. The van der Waals surface area contributed by atoms with Gasteiger partial charge in [0.25, 0.3) is 5.91 Å². The van der Waals surface area contributed by atoms with Crippen LogP contribution in [-0.2, 0) is 9.53 Å². The Hall–Kier alpha value is -2.66. The molecule has 26 heavy (non-hydrogen) atoms. The SMILES string of the molecule is Cc1ccc(N=Cc2ccc(OCC(=O)NC[C@H]3CCCO3)cc2)cc1. The number of aryl methyl sites for hydroxylation is 1. The highest BCUT2D eigenvalue weighted by atomic mass is 16.5. The van der Waals surface area contributed by atoms with E-state index in [0.29, 0.717) is 12.3 Å². The zero-order chi connectivity index (χ0) is 18.2. The number of amides is 1. The van der Waals surface area contributed by atoms with Crippen LogP contribution < -0.4 is 10.1 Å². The minimum atomic E-state index is -0.134. The molecular weight excluding hydrogens is 328 g/mol. The van der Waals surface area contributed by atoms with Crippen molar-refractivity contribution in [2.45, 2.75) is 25.9 Å². The van der Waals surface area contributed by atoms with Crippen LogP contribution in [0.4, 0.5) is 5.69 Å². The first kappa shape index (κ1) is 18.1. The molecular formula is C21H24N2O3. The minimum absolute atomic E-state index is 0.00349. The van der Waals surface area contributed by atoms with E-state index < -0.39 is 0 Å². The number of nitrogens with one attached hydrogen (secondary N) is 1. The Morgan fingerprint density at radius 1 is 1.23 bits per heavy atom. The molecule has 1 heterocycles. The van der Waals surface area contributed by atoms with Crippen molar-refractivity contribution in [2.75, 3.05) is 19.8 Å². The van der Waals surface area contributed by atoms with Gasteiger partial charge in [-0.1, -0.05) is 17.7 Å². The van der Waals surface area contributed by atoms with Gasteiger partial charge in [-0.25, -0.2) is 0 Å². The Morgan fingerprint density at radius 2 is 2.00 bits per heavy atom. The van der Waals surface area contributed by atoms with E-state index in [1.54, 1.807) is 0 Å². The maximum atomic E-state index is 11.8. The van der Waals surface area contributed by atoms with Gasteiger partial charge in [0.05, 0.1) is 11.8 Å². The normalized spacial score (nSPS) is 16.7. The van der Waals surface area contributed by atoms with Gasteiger partial charge in [0, 0.05) is 19.4 Å². The predicted octanol–water partition coefficient (Wildman–Crippen LogP) is 3.42. The lowest BCUT2D eigenvalue weighted by atomic mass is 10.2. The molecule has 0 radical (unpaired) electrons. The largest absolute Gasteiger partial charge is 0.484 e. The summed E-state index contributed by atoms with van der Waals surface area (Å²) in [5, 5.41) is 2.84. The number of nitrogens with zero attached hydrogens (tertiary/aromatic N) is 1. The molecule has 0 aliphatic carbocycles. The molecule has 1 fully saturated rings. The van der Waals surface area contributed by atoms with Crippen LogP contribution in [0.1, 0.15) is 24.0 Å². The second-order valence-corrected chi connectivity index (χ2v) is 6.39. The molecule has 5 heteroatoms. The fourth-order valence-corrected chi connectivity index (χ4v) is 2.66. The first-order valence-electron chi connectivity index (χ1n) is 8.91. The van der Waals surface area contributed by atoms with E-state index in [0.717, 1.165) is 30.7 Å². The van der Waals surface area contributed by atoms with Crippen LogP contribution in [0.15, 0.2) is 53.5 Å². The quantitative estimate of drug-likeness (QED) is 0.777. The van der Waals surface area contributed by atoms with E-state index in [1.165, 1.54) is 5.56 Å². The van der Waals surface area contributed by atoms with Gasteiger partial charge in [0.15, 0.2) is 6.61 Å². The lowest BCUT2D eigenvalue weighted by Gasteiger charge is -2.11. The van der Waals surface area contributed by atoms with E-state index in [1.807, 2.05) is 54.7 Å². The fourth-order valence-electron chi connectivity index (χ4n) is 2.66. The maximum Gasteiger partial charge on any atom is 0.258 e. The molecule has 1 N–H and O–H groups in total. The summed E-state index contributed by atoms with van der Waals surface area (Å²) in [6.45, 7) is 3.39. The average Bonchev–Trinajstić information content (AvgIpc) is 3.19. The van der Waals surface area contributed by atoms with Gasteiger partial charge in [-0.2, -0.15) is 0 Å². The van der Waals surface area contributed by atoms with Crippen LogP contribution in [0, 0.1) is 6.92 Å². The number of hydrogen-bond donors (Lipinski definition) is 1. The summed E-state index contributed by atoms with van der Waals surface area (Å²) < 4.78 is 11.0. The molecule has 1 amide bonds. The van der Waals surface area contributed by atoms with E-state index in [2.05, 4.69) is 17.2 Å². The predicted molar refractivity (Wildman–Crippen MR) is 102 cm³/mol. The van der Waals surface area contributed by atoms with Crippen molar-refractivity contribution in [1.29, 1.82) is 0 Å². The van der Waals surface area contributed by atoms with Crippen molar-refractivity contribution < 1.29 is 14.3 Å². The summed E-state index contributed by atoms with van der Waals surface area (Å²) in [4.78, 5) is 16.3. The molecule has 5 nitrogen and oxygen atoms in total. The van der Waals surface area contributed by atoms with Crippen molar-refractivity contribution >= 4 is 17.8 Å². The van der Waals surface area contributed by atoms with Gasteiger partial charge in [0.2, 0.25) is 0 Å². The van der Waals surface area contributed by atoms with E-state index in [9.17, 15) is 4.79 Å². The summed E-state index contributed by atoms with van der Waals surface area (Å²) in [6, 6.07) is 15.5. The van der Waals surface area contributed by atoms with Crippen LogP contribution in [0.2, 0.25) is 0 Å². The number of hydrogen-bond acceptors (Lipinski definition) is 4. The smallest absolute Gasteiger partial charge is 0.258 e. The minimum Gasteiger partial charge on any atom is -0.484 e. The lowest BCUT2D eigenvalue weighted by molar-refractivity contribution is -0.123. The second kappa shape index (κ2) is 9.15. The number of aliphatic imine (C=N–C) groups is 1. The standard InChI is InChI=1S/C21H24N2O3/c1-16-4-8-18(9-5-16)22-13-17-6-10-19(11-7-17)26-15-21(24)23-14-20-3-2-12-25-20/h4-11,13,20H,2-3,12,14-15H2,1H3,(H,23,24)/t20-/m1/s1. The molecule has 1 aliphatic heterocycles. The van der Waals surface area contributed by atoms with E-state index in [4.69, 9.17) is 9.47 Å². The number of benzene rings is 2. The molecule has 3 rings (SSSR count). The molecule has 0 bridgehead atoms. The molecule has 136 valence electrons. The van der Waals surface area contributed by atoms with Gasteiger partial charge < -0.3 is 14.8 Å². The highest BCUT2D eigenvalue weighted by Gasteiger charge is 2.16. The van der Waals surface area contributed by atoms with Gasteiger partial charge in [0.1, 0.15) is 5.75 Å². The third kappa shape index (κ3) is 5.70. The third-order valence-electron chi connectivity index (χ3n) is 4.20. The summed E-state index contributed by atoms with van der Waals surface area (Å²) >= 11 is 0. The molecule has 1 aliphatic rings. The molecule has 0 aromatic heterocycles. The first-order chi connectivity index (χ1) is 12.7. The van der Waals surface area contributed by atoms with Crippen molar-refractivity contribution in [3.05, 3.63) is 59.7 Å². The first-order valence-corrected chi connectivity index (χ1v) is 8.91. The van der Waals surface area contributed by atoms with Crippen molar-refractivity contribution in [3.8, 4) is 5.75 Å².